The van der Waals surface area contributed by atoms with Crippen molar-refractivity contribution >= 4 is 6.02 Å². The van der Waals surface area contributed by atoms with E-state index in [2.05, 4.69) is 28.4 Å². The molecule has 0 aromatic rings. The normalized spacial score (nSPS) is 23.6. The van der Waals surface area contributed by atoms with Gasteiger partial charge >= 0.3 is 0 Å². The summed E-state index contributed by atoms with van der Waals surface area (Å²) in [5.74, 6) is 0.543. The molecule has 1 aliphatic rings. The van der Waals surface area contributed by atoms with E-state index in [1.165, 1.54) is 0 Å². The predicted octanol–water partition coefficient (Wildman–Crippen LogP) is 2.01. The van der Waals surface area contributed by atoms with Crippen molar-refractivity contribution in [2.24, 2.45) is 4.99 Å². The van der Waals surface area contributed by atoms with Gasteiger partial charge in [0.15, 0.2) is 0 Å². The molecule has 0 aromatic carbocycles. The van der Waals surface area contributed by atoms with Gasteiger partial charge in [0.2, 0.25) is 0 Å². The summed E-state index contributed by atoms with van der Waals surface area (Å²) in [6, 6.07) is 0.392. The number of allylic oxidation sites excluding steroid dienone is 2. The highest BCUT2D eigenvalue weighted by Gasteiger charge is 2.05. The summed E-state index contributed by atoms with van der Waals surface area (Å²) in [6.07, 6.45) is 5.54. The molecule has 0 unspecified atom stereocenters. The molecular weight excluding hydrogens is 214 g/mol. The molecule has 0 amide bonds. The van der Waals surface area contributed by atoms with Crippen LogP contribution in [0.15, 0.2) is 53.5 Å². The van der Waals surface area contributed by atoms with E-state index in [4.69, 9.17) is 4.74 Å². The third-order valence-electron chi connectivity index (χ3n) is 1.88. The first kappa shape index (κ1) is 13.3. The Morgan fingerprint density at radius 2 is 2.18 bits per heavy atom. The first-order valence-electron chi connectivity index (χ1n) is 5.36. The van der Waals surface area contributed by atoms with Crippen LogP contribution in [-0.4, -0.2) is 31.6 Å². The molecule has 0 fully saturated rings. The summed E-state index contributed by atoms with van der Waals surface area (Å²) in [7, 11) is 4.02. The third kappa shape index (κ3) is 5.17. The van der Waals surface area contributed by atoms with Crippen molar-refractivity contribution < 1.29 is 4.74 Å². The molecule has 0 radical (unpaired) electrons. The second-order valence-electron chi connectivity index (χ2n) is 4.18. The molecule has 0 aromatic heterocycles. The maximum absolute atomic E-state index is 5.39. The van der Waals surface area contributed by atoms with E-state index in [-0.39, 0.29) is 0 Å². The molecule has 1 rings (SSSR count). The van der Waals surface area contributed by atoms with Gasteiger partial charge in [0.05, 0.1) is 0 Å². The number of rotatable bonds is 3. The molecule has 1 heterocycles. The van der Waals surface area contributed by atoms with Crippen molar-refractivity contribution in [1.82, 2.24) is 10.2 Å². The van der Waals surface area contributed by atoms with Crippen LogP contribution in [0.4, 0.5) is 0 Å². The van der Waals surface area contributed by atoms with Crippen molar-refractivity contribution in [3.63, 3.8) is 0 Å². The first-order chi connectivity index (χ1) is 7.97. The van der Waals surface area contributed by atoms with Gasteiger partial charge in [-0.1, -0.05) is 19.2 Å². The topological polar surface area (TPSA) is 36.9 Å². The number of hydrogen-bond donors (Lipinski definition) is 1. The van der Waals surface area contributed by atoms with E-state index < -0.39 is 0 Å². The Labute approximate surface area is 103 Å². The van der Waals surface area contributed by atoms with Crippen LogP contribution in [0.3, 0.4) is 0 Å². The standard InChI is InChI=1S/C13H19N3O/c1-10(2)15-13-14-8-12(9-16(4)5)7-6-11(3)17-13/h6-8H,1,3,9H2,2,4-5H3,(H,14,15)/b7-6-,12-8+. The molecule has 0 bridgehead atoms. The zero-order chi connectivity index (χ0) is 12.8. The van der Waals surface area contributed by atoms with Crippen molar-refractivity contribution in [3.05, 3.63) is 48.5 Å². The SMILES string of the molecule is C=C(C)N/C1=N/C=C(CN(C)C)\C=C/C(=C)O1. The van der Waals surface area contributed by atoms with Crippen molar-refractivity contribution in [2.75, 3.05) is 20.6 Å². The van der Waals surface area contributed by atoms with E-state index in [9.17, 15) is 0 Å². The monoisotopic (exact) mass is 233 g/mol. The fourth-order valence-electron chi connectivity index (χ4n) is 1.27. The molecule has 0 aliphatic carbocycles. The summed E-state index contributed by atoms with van der Waals surface area (Å²) in [6.45, 7) is 10.2. The lowest BCUT2D eigenvalue weighted by Crippen LogP contribution is -2.24. The zero-order valence-corrected chi connectivity index (χ0v) is 10.7. The van der Waals surface area contributed by atoms with Gasteiger partial charge in [0.1, 0.15) is 5.76 Å². The Bertz CT molecular complexity index is 403. The first-order valence-corrected chi connectivity index (χ1v) is 5.36. The molecule has 1 aliphatic heterocycles. The highest BCUT2D eigenvalue weighted by molar-refractivity contribution is 5.77. The van der Waals surface area contributed by atoms with Gasteiger partial charge in [-0.15, -0.1) is 0 Å². The minimum Gasteiger partial charge on any atom is -0.426 e. The number of hydrogen-bond acceptors (Lipinski definition) is 4. The van der Waals surface area contributed by atoms with Crippen LogP contribution in [0, 0.1) is 0 Å². The third-order valence-corrected chi connectivity index (χ3v) is 1.88. The van der Waals surface area contributed by atoms with Crippen LogP contribution >= 0.6 is 0 Å². The van der Waals surface area contributed by atoms with E-state index in [1.54, 1.807) is 6.20 Å². The summed E-state index contributed by atoms with van der Waals surface area (Å²) >= 11 is 0. The number of likely N-dealkylation sites (N-methyl/N-ethyl adjacent to an activating group) is 1. The van der Waals surface area contributed by atoms with Crippen molar-refractivity contribution in [1.29, 1.82) is 0 Å². The van der Waals surface area contributed by atoms with Crippen molar-refractivity contribution in [3.8, 4) is 0 Å². The summed E-state index contributed by atoms with van der Waals surface area (Å²) in [4.78, 5) is 6.30. The fourth-order valence-corrected chi connectivity index (χ4v) is 1.27. The molecule has 4 nitrogen and oxygen atoms in total. The summed E-state index contributed by atoms with van der Waals surface area (Å²) < 4.78 is 5.39. The average Bonchev–Trinajstić information content (AvgIpc) is 2.18. The van der Waals surface area contributed by atoms with Gasteiger partial charge in [-0.25, -0.2) is 4.99 Å². The lowest BCUT2D eigenvalue weighted by atomic mass is 10.2. The predicted molar refractivity (Wildman–Crippen MR) is 71.4 cm³/mol. The second-order valence-corrected chi connectivity index (χ2v) is 4.18. The van der Waals surface area contributed by atoms with E-state index in [0.29, 0.717) is 11.8 Å². The highest BCUT2D eigenvalue weighted by Crippen LogP contribution is 2.08. The number of nitrogens with zero attached hydrogens (tertiary/aromatic N) is 2. The van der Waals surface area contributed by atoms with Gasteiger partial charge in [-0.05, 0) is 32.7 Å². The number of amidine groups is 1. The molecule has 0 saturated carbocycles. The Kier molecular flexibility index (Phi) is 4.72. The minimum atomic E-state index is 0.392. The molecule has 17 heavy (non-hydrogen) atoms. The Balaban J connectivity index is 2.88. The van der Waals surface area contributed by atoms with Gasteiger partial charge in [0.25, 0.3) is 6.02 Å². The maximum Gasteiger partial charge on any atom is 0.299 e. The van der Waals surface area contributed by atoms with E-state index in [1.807, 2.05) is 33.2 Å². The van der Waals surface area contributed by atoms with Crippen LogP contribution in [0.25, 0.3) is 0 Å². The highest BCUT2D eigenvalue weighted by atomic mass is 16.5. The second kappa shape index (κ2) is 6.06. The van der Waals surface area contributed by atoms with Crippen LogP contribution in [-0.2, 0) is 4.74 Å². The fraction of sp³-hybridized carbons (Fsp3) is 0.308. The molecule has 1 N–H and O–H groups in total. The Morgan fingerprint density at radius 1 is 1.47 bits per heavy atom. The lowest BCUT2D eigenvalue weighted by molar-refractivity contribution is 0.416. The number of nitrogens with one attached hydrogen (secondary N) is 1. The lowest BCUT2D eigenvalue weighted by Gasteiger charge is -2.14. The molecule has 0 atom stereocenters. The quantitative estimate of drug-likeness (QED) is 0.810. The molecule has 0 spiro atoms. The van der Waals surface area contributed by atoms with Gasteiger partial charge in [-0.2, -0.15) is 0 Å². The van der Waals surface area contributed by atoms with Crippen molar-refractivity contribution in [2.45, 2.75) is 6.92 Å². The van der Waals surface area contributed by atoms with Gasteiger partial charge < -0.3 is 15.0 Å². The molecule has 92 valence electrons. The maximum atomic E-state index is 5.39. The smallest absolute Gasteiger partial charge is 0.299 e. The number of aliphatic imine (C=N–C) groups is 1. The molecule has 4 heteroatoms. The van der Waals surface area contributed by atoms with Crippen LogP contribution in [0.5, 0.6) is 0 Å². The summed E-state index contributed by atoms with van der Waals surface area (Å²) in [5, 5.41) is 2.93. The zero-order valence-electron chi connectivity index (χ0n) is 10.7. The van der Waals surface area contributed by atoms with Gasteiger partial charge in [-0.3, -0.25) is 0 Å². The molecular formula is C13H19N3O. The molecule has 0 saturated heterocycles. The van der Waals surface area contributed by atoms with E-state index >= 15 is 0 Å². The Hall–Kier alpha value is -1.81. The van der Waals surface area contributed by atoms with Crippen LogP contribution in [0.2, 0.25) is 0 Å². The van der Waals surface area contributed by atoms with Gasteiger partial charge in [0, 0.05) is 18.4 Å². The average molecular weight is 233 g/mol. The van der Waals surface area contributed by atoms with E-state index in [0.717, 1.165) is 17.8 Å². The Morgan fingerprint density at radius 3 is 2.76 bits per heavy atom. The van der Waals surface area contributed by atoms with Crippen LogP contribution < -0.4 is 5.32 Å². The largest absolute Gasteiger partial charge is 0.426 e. The minimum absolute atomic E-state index is 0.392. The van der Waals surface area contributed by atoms with Crippen LogP contribution in [0.1, 0.15) is 6.92 Å². The number of ether oxygens (including phenoxy) is 1. The summed E-state index contributed by atoms with van der Waals surface area (Å²) in [5.41, 5.74) is 1.85.